The summed E-state index contributed by atoms with van der Waals surface area (Å²) in [5, 5.41) is 0.785. The molecule has 2 aromatic carbocycles. The molecule has 0 bridgehead atoms. The van der Waals surface area contributed by atoms with Crippen LogP contribution in [0.5, 0.6) is 0 Å². The summed E-state index contributed by atoms with van der Waals surface area (Å²) < 4.78 is 14.6. The molecule has 0 aliphatic carbocycles. The lowest BCUT2D eigenvalue weighted by Crippen LogP contribution is -2.07. The van der Waals surface area contributed by atoms with Gasteiger partial charge >= 0.3 is 5.97 Å². The van der Waals surface area contributed by atoms with E-state index < -0.39 is 0 Å². The maximum Gasteiger partial charge on any atom is 0.337 e. The number of halogens is 1. The second kappa shape index (κ2) is 12.8. The van der Waals surface area contributed by atoms with Gasteiger partial charge in [-0.3, -0.25) is 0 Å². The monoisotopic (exact) mass is 380 g/mol. The molecule has 0 atom stereocenters. The van der Waals surface area contributed by atoms with Crippen molar-refractivity contribution < 1.29 is 19.0 Å². The number of carbonyl (C=O) groups excluding carboxylic acids is 1. The predicted molar refractivity (Wildman–Crippen MR) is 93.7 cm³/mol. The van der Waals surface area contributed by atoms with Crippen LogP contribution in [0.2, 0.25) is 0 Å². The van der Waals surface area contributed by atoms with Crippen LogP contribution in [0, 0.1) is 0 Å². The molecule has 1 saturated heterocycles. The minimum atomic E-state index is -0.291. The van der Waals surface area contributed by atoms with Crippen LogP contribution in [0.1, 0.15) is 10.4 Å². The van der Waals surface area contributed by atoms with Crippen molar-refractivity contribution in [1.29, 1.82) is 0 Å². The fourth-order valence-electron chi connectivity index (χ4n) is 1.57. The van der Waals surface area contributed by atoms with Crippen molar-refractivity contribution in [3.8, 4) is 0 Å². The summed E-state index contributed by atoms with van der Waals surface area (Å²) in [5.74, 6) is -0.291. The van der Waals surface area contributed by atoms with Crippen molar-refractivity contribution >= 4 is 21.9 Å². The van der Waals surface area contributed by atoms with E-state index in [-0.39, 0.29) is 12.3 Å². The summed E-state index contributed by atoms with van der Waals surface area (Å²) in [5.41, 5.74) is 0.588. The average Bonchev–Trinajstić information content (AvgIpc) is 3.18. The van der Waals surface area contributed by atoms with Crippen molar-refractivity contribution in [2.75, 3.05) is 25.7 Å². The molecular weight excluding hydrogens is 360 g/mol. The normalized spacial score (nSPS) is 13.1. The van der Waals surface area contributed by atoms with E-state index in [1.165, 1.54) is 7.11 Å². The Morgan fingerprint density at radius 1 is 1.00 bits per heavy atom. The lowest BCUT2D eigenvalue weighted by molar-refractivity contribution is -0.0205. The van der Waals surface area contributed by atoms with Crippen molar-refractivity contribution in [1.82, 2.24) is 0 Å². The number of alkyl halides is 1. The highest BCUT2D eigenvalue weighted by Crippen LogP contribution is 2.04. The van der Waals surface area contributed by atoms with Gasteiger partial charge in [0, 0.05) is 0 Å². The van der Waals surface area contributed by atoms with Crippen molar-refractivity contribution in [2.24, 2.45) is 0 Å². The lowest BCUT2D eigenvalue weighted by atomic mass is 10.2. The Bertz CT molecular complexity index is 486. The largest absolute Gasteiger partial charge is 0.465 e. The van der Waals surface area contributed by atoms with Crippen LogP contribution < -0.4 is 0 Å². The highest BCUT2D eigenvalue weighted by molar-refractivity contribution is 9.09. The molecule has 1 aliphatic heterocycles. The van der Waals surface area contributed by atoms with E-state index in [9.17, 15) is 4.79 Å². The minimum absolute atomic E-state index is 0.0139. The molecule has 4 nitrogen and oxygen atoms in total. The molecule has 0 N–H and O–H groups in total. The van der Waals surface area contributed by atoms with E-state index in [1.807, 2.05) is 42.5 Å². The van der Waals surface area contributed by atoms with Gasteiger partial charge < -0.3 is 14.2 Å². The van der Waals surface area contributed by atoms with Crippen LogP contribution in [0.4, 0.5) is 0 Å². The Kier molecular flexibility index (Phi) is 10.8. The third-order valence-corrected chi connectivity index (χ3v) is 3.21. The Balaban J connectivity index is 0.000000179. The number of ether oxygens (including phenoxy) is 3. The summed E-state index contributed by atoms with van der Waals surface area (Å²) >= 11 is 3.23. The van der Waals surface area contributed by atoms with E-state index in [0.29, 0.717) is 5.56 Å². The van der Waals surface area contributed by atoms with Gasteiger partial charge in [0.1, 0.15) is 0 Å². The summed E-state index contributed by atoms with van der Waals surface area (Å²) in [6.45, 7) is 1.49. The first-order valence-electron chi connectivity index (χ1n) is 7.20. The Hall–Kier alpha value is -1.69. The Morgan fingerprint density at radius 2 is 1.43 bits per heavy atom. The number of benzene rings is 2. The molecule has 1 fully saturated rings. The number of methoxy groups -OCH3 is 1. The zero-order chi connectivity index (χ0) is 16.8. The molecule has 0 amide bonds. The first kappa shape index (κ1) is 19.4. The van der Waals surface area contributed by atoms with Crippen molar-refractivity contribution in [2.45, 2.75) is 6.29 Å². The number of esters is 1. The van der Waals surface area contributed by atoms with Crippen LogP contribution in [-0.2, 0) is 14.2 Å². The third-order valence-electron chi connectivity index (χ3n) is 2.68. The first-order chi connectivity index (χ1) is 11.3. The molecule has 23 heavy (non-hydrogen) atoms. The zero-order valence-electron chi connectivity index (χ0n) is 13.1. The highest BCUT2D eigenvalue weighted by atomic mass is 79.9. The minimum Gasteiger partial charge on any atom is -0.465 e. The van der Waals surface area contributed by atoms with Gasteiger partial charge in [0.05, 0.1) is 31.2 Å². The molecule has 1 heterocycles. The molecule has 5 heteroatoms. The van der Waals surface area contributed by atoms with Gasteiger partial charge in [0.15, 0.2) is 6.29 Å². The maximum absolute atomic E-state index is 10.8. The highest BCUT2D eigenvalue weighted by Gasteiger charge is 2.12. The molecule has 0 aromatic heterocycles. The fraction of sp³-hybridized carbons (Fsp3) is 0.278. The molecule has 0 spiro atoms. The summed E-state index contributed by atoms with van der Waals surface area (Å²) in [4.78, 5) is 10.8. The Labute approximate surface area is 145 Å². The summed E-state index contributed by atoms with van der Waals surface area (Å²) in [6, 6.07) is 20.9. The quantitative estimate of drug-likeness (QED) is 0.585. The average molecular weight is 381 g/mol. The van der Waals surface area contributed by atoms with Gasteiger partial charge in [-0.1, -0.05) is 70.5 Å². The van der Waals surface area contributed by atoms with Gasteiger partial charge in [-0.05, 0) is 12.1 Å². The standard InChI is InChI=1S/C8H8O2.C6H6.C4H7BrO2/c1-10-8(9)7-5-3-2-4-6-7;1-2-4-6-5-3-1;5-3-4-6-1-2-7-4/h2-6H,1H3;1-6H;4H,1-3H2. The van der Waals surface area contributed by atoms with E-state index >= 15 is 0 Å². The van der Waals surface area contributed by atoms with Gasteiger partial charge in [-0.25, -0.2) is 4.79 Å². The fourth-order valence-corrected chi connectivity index (χ4v) is 1.95. The van der Waals surface area contributed by atoms with Gasteiger partial charge in [0.2, 0.25) is 0 Å². The van der Waals surface area contributed by atoms with Crippen LogP contribution in [-0.4, -0.2) is 37.9 Å². The molecule has 2 aromatic rings. The molecule has 0 saturated carbocycles. The van der Waals surface area contributed by atoms with Crippen molar-refractivity contribution in [3.05, 3.63) is 72.3 Å². The summed E-state index contributed by atoms with van der Waals surface area (Å²) in [6.07, 6.45) is 0.0139. The topological polar surface area (TPSA) is 44.8 Å². The molecular formula is C18H21BrO4. The van der Waals surface area contributed by atoms with E-state index in [1.54, 1.807) is 24.3 Å². The molecule has 3 rings (SSSR count). The smallest absolute Gasteiger partial charge is 0.337 e. The summed E-state index contributed by atoms with van der Waals surface area (Å²) in [7, 11) is 1.37. The van der Waals surface area contributed by atoms with Gasteiger partial charge in [-0.2, -0.15) is 0 Å². The number of hydrogen-bond acceptors (Lipinski definition) is 4. The van der Waals surface area contributed by atoms with E-state index in [4.69, 9.17) is 9.47 Å². The van der Waals surface area contributed by atoms with Gasteiger partial charge in [0.25, 0.3) is 0 Å². The zero-order valence-corrected chi connectivity index (χ0v) is 14.6. The second-order valence-corrected chi connectivity index (χ2v) is 4.99. The lowest BCUT2D eigenvalue weighted by Gasteiger charge is -2.00. The third kappa shape index (κ3) is 9.13. The van der Waals surface area contributed by atoms with E-state index in [0.717, 1.165) is 18.5 Å². The first-order valence-corrected chi connectivity index (χ1v) is 8.32. The maximum atomic E-state index is 10.8. The van der Waals surface area contributed by atoms with Gasteiger partial charge in [-0.15, -0.1) is 0 Å². The molecule has 0 unspecified atom stereocenters. The number of hydrogen-bond donors (Lipinski definition) is 0. The van der Waals surface area contributed by atoms with Crippen LogP contribution in [0.25, 0.3) is 0 Å². The Morgan fingerprint density at radius 3 is 1.78 bits per heavy atom. The van der Waals surface area contributed by atoms with E-state index in [2.05, 4.69) is 20.7 Å². The van der Waals surface area contributed by atoms with Crippen LogP contribution in [0.15, 0.2) is 66.7 Å². The number of rotatable bonds is 2. The molecule has 1 aliphatic rings. The second-order valence-electron chi connectivity index (χ2n) is 4.34. The van der Waals surface area contributed by atoms with Crippen molar-refractivity contribution in [3.63, 3.8) is 0 Å². The number of carbonyl (C=O) groups is 1. The predicted octanol–water partition coefficient (Wildman–Crippen LogP) is 3.91. The molecule has 124 valence electrons. The molecule has 0 radical (unpaired) electrons. The van der Waals surface area contributed by atoms with Crippen LogP contribution >= 0.6 is 15.9 Å². The SMILES string of the molecule is BrCC1OCCO1.COC(=O)c1ccccc1.c1ccccc1. The van der Waals surface area contributed by atoms with Crippen LogP contribution in [0.3, 0.4) is 0 Å².